The summed E-state index contributed by atoms with van der Waals surface area (Å²) < 4.78 is 5.42. The minimum Gasteiger partial charge on any atom is -0.506 e. The molecule has 0 amide bonds. The van der Waals surface area contributed by atoms with E-state index in [1.807, 2.05) is 0 Å². The molecule has 0 aliphatic heterocycles. The zero-order valence-corrected chi connectivity index (χ0v) is 10.7. The molecule has 1 aromatic heterocycles. The Hall–Kier alpha value is -1.13. The van der Waals surface area contributed by atoms with Crippen molar-refractivity contribution in [3.8, 4) is 5.75 Å². The van der Waals surface area contributed by atoms with Gasteiger partial charge in [0.05, 0.1) is 5.69 Å². The molecule has 4 heteroatoms. The molecular formula is C13H22N2O2. The first-order valence-electron chi connectivity index (χ1n) is 6.14. The van der Waals surface area contributed by atoms with Gasteiger partial charge in [-0.3, -0.25) is 4.98 Å². The van der Waals surface area contributed by atoms with Crippen LogP contribution in [0.3, 0.4) is 0 Å². The van der Waals surface area contributed by atoms with Gasteiger partial charge in [-0.25, -0.2) is 0 Å². The minimum atomic E-state index is 0.236. The van der Waals surface area contributed by atoms with Crippen molar-refractivity contribution in [2.24, 2.45) is 5.73 Å². The number of aromatic nitrogens is 1. The van der Waals surface area contributed by atoms with Crippen molar-refractivity contribution in [1.29, 1.82) is 0 Å². The average molecular weight is 238 g/mol. The molecule has 0 radical (unpaired) electrons. The lowest BCUT2D eigenvalue weighted by Crippen LogP contribution is -2.06. The topological polar surface area (TPSA) is 68.4 Å². The average Bonchev–Trinajstić information content (AvgIpc) is 2.33. The molecule has 0 unspecified atom stereocenters. The maximum Gasteiger partial charge on any atom is 0.141 e. The van der Waals surface area contributed by atoms with Crippen molar-refractivity contribution in [2.45, 2.75) is 39.7 Å². The van der Waals surface area contributed by atoms with E-state index in [0.717, 1.165) is 43.6 Å². The first-order valence-corrected chi connectivity index (χ1v) is 6.14. The lowest BCUT2D eigenvalue weighted by molar-refractivity contribution is 0.132. The van der Waals surface area contributed by atoms with Gasteiger partial charge in [0.2, 0.25) is 0 Å². The highest BCUT2D eigenvalue weighted by molar-refractivity contribution is 5.40. The standard InChI is InChI=1S/C13H22N2O2/c1-3-6-17-7-4-5-11-9-15-10(2)13(16)12(11)8-14/h9,16H,3-8,14H2,1-2H3. The van der Waals surface area contributed by atoms with Gasteiger partial charge in [0.25, 0.3) is 0 Å². The third-order valence-electron chi connectivity index (χ3n) is 2.72. The molecule has 0 saturated carbocycles. The number of aromatic hydroxyl groups is 1. The van der Waals surface area contributed by atoms with Crippen molar-refractivity contribution in [3.63, 3.8) is 0 Å². The van der Waals surface area contributed by atoms with Crippen LogP contribution < -0.4 is 5.73 Å². The molecule has 0 fully saturated rings. The van der Waals surface area contributed by atoms with Crippen LogP contribution in [0.2, 0.25) is 0 Å². The molecule has 0 aliphatic rings. The predicted octanol–water partition coefficient (Wildman–Crippen LogP) is 1.91. The lowest BCUT2D eigenvalue weighted by Gasteiger charge is -2.11. The molecule has 96 valence electrons. The first-order chi connectivity index (χ1) is 8.20. The summed E-state index contributed by atoms with van der Waals surface area (Å²) in [6.45, 7) is 5.77. The monoisotopic (exact) mass is 238 g/mol. The van der Waals surface area contributed by atoms with Gasteiger partial charge in [-0.05, 0) is 31.7 Å². The molecule has 0 saturated heterocycles. The summed E-state index contributed by atoms with van der Waals surface area (Å²) in [7, 11) is 0. The zero-order valence-electron chi connectivity index (χ0n) is 10.7. The maximum atomic E-state index is 9.85. The van der Waals surface area contributed by atoms with Crippen molar-refractivity contribution >= 4 is 0 Å². The zero-order chi connectivity index (χ0) is 12.7. The normalized spacial score (nSPS) is 10.8. The molecule has 0 aromatic carbocycles. The van der Waals surface area contributed by atoms with E-state index < -0.39 is 0 Å². The molecule has 17 heavy (non-hydrogen) atoms. The van der Waals surface area contributed by atoms with Crippen molar-refractivity contribution in [2.75, 3.05) is 13.2 Å². The number of rotatable bonds is 7. The molecule has 0 spiro atoms. The number of aryl methyl sites for hydroxylation is 2. The van der Waals surface area contributed by atoms with Gasteiger partial charge in [-0.1, -0.05) is 6.92 Å². The quantitative estimate of drug-likeness (QED) is 0.712. The first kappa shape index (κ1) is 13.9. The van der Waals surface area contributed by atoms with E-state index in [0.29, 0.717) is 12.2 Å². The molecule has 1 aromatic rings. The van der Waals surface area contributed by atoms with E-state index >= 15 is 0 Å². The Kier molecular flexibility index (Phi) is 5.94. The van der Waals surface area contributed by atoms with E-state index in [2.05, 4.69) is 11.9 Å². The summed E-state index contributed by atoms with van der Waals surface area (Å²) in [6, 6.07) is 0. The smallest absolute Gasteiger partial charge is 0.141 e. The van der Waals surface area contributed by atoms with Crippen LogP contribution in [-0.2, 0) is 17.7 Å². The second-order valence-electron chi connectivity index (χ2n) is 4.12. The van der Waals surface area contributed by atoms with Gasteiger partial charge in [-0.2, -0.15) is 0 Å². The van der Waals surface area contributed by atoms with Crippen molar-refractivity contribution < 1.29 is 9.84 Å². The fourth-order valence-electron chi connectivity index (χ4n) is 1.74. The van der Waals surface area contributed by atoms with Gasteiger partial charge in [0, 0.05) is 31.5 Å². The van der Waals surface area contributed by atoms with Crippen LogP contribution in [0, 0.1) is 6.92 Å². The van der Waals surface area contributed by atoms with Crippen molar-refractivity contribution in [1.82, 2.24) is 4.98 Å². The number of nitrogens with two attached hydrogens (primary N) is 1. The fourth-order valence-corrected chi connectivity index (χ4v) is 1.74. The Labute approximate surface area is 103 Å². The van der Waals surface area contributed by atoms with Crippen LogP contribution in [0.4, 0.5) is 0 Å². The summed E-state index contributed by atoms with van der Waals surface area (Å²) in [4.78, 5) is 4.16. The summed E-state index contributed by atoms with van der Waals surface area (Å²) in [5.41, 5.74) is 8.13. The van der Waals surface area contributed by atoms with E-state index in [4.69, 9.17) is 10.5 Å². The summed E-state index contributed by atoms with van der Waals surface area (Å²) in [6.07, 6.45) is 4.62. The Balaban J connectivity index is 2.56. The Bertz CT molecular complexity index is 354. The lowest BCUT2D eigenvalue weighted by atomic mass is 10.0. The SMILES string of the molecule is CCCOCCCc1cnc(C)c(O)c1CN. The third kappa shape index (κ3) is 3.98. The van der Waals surface area contributed by atoms with Crippen LogP contribution in [0.25, 0.3) is 0 Å². The van der Waals surface area contributed by atoms with Crippen LogP contribution in [0.1, 0.15) is 36.6 Å². The molecule has 0 aliphatic carbocycles. The maximum absolute atomic E-state index is 9.85. The molecular weight excluding hydrogens is 216 g/mol. The number of ether oxygens (including phenoxy) is 1. The van der Waals surface area contributed by atoms with Gasteiger partial charge >= 0.3 is 0 Å². The van der Waals surface area contributed by atoms with Crippen LogP contribution in [-0.4, -0.2) is 23.3 Å². The molecule has 1 rings (SSSR count). The number of hydrogen-bond acceptors (Lipinski definition) is 4. The van der Waals surface area contributed by atoms with Gasteiger partial charge in [0.15, 0.2) is 0 Å². The predicted molar refractivity (Wildman–Crippen MR) is 68.0 cm³/mol. The number of nitrogens with zero attached hydrogens (tertiary/aromatic N) is 1. The second-order valence-corrected chi connectivity index (χ2v) is 4.12. The largest absolute Gasteiger partial charge is 0.506 e. The number of pyridine rings is 1. The van der Waals surface area contributed by atoms with Crippen LogP contribution in [0.15, 0.2) is 6.20 Å². The Morgan fingerprint density at radius 1 is 1.41 bits per heavy atom. The van der Waals surface area contributed by atoms with Crippen LogP contribution >= 0.6 is 0 Å². The summed E-state index contributed by atoms with van der Waals surface area (Å²) >= 11 is 0. The highest BCUT2D eigenvalue weighted by Crippen LogP contribution is 2.23. The van der Waals surface area contributed by atoms with Crippen molar-refractivity contribution in [3.05, 3.63) is 23.0 Å². The number of hydrogen-bond donors (Lipinski definition) is 2. The van der Waals surface area contributed by atoms with Gasteiger partial charge in [-0.15, -0.1) is 0 Å². The molecule has 0 bridgehead atoms. The third-order valence-corrected chi connectivity index (χ3v) is 2.72. The van der Waals surface area contributed by atoms with E-state index in [1.165, 1.54) is 0 Å². The molecule has 1 heterocycles. The summed E-state index contributed by atoms with van der Waals surface area (Å²) in [5, 5.41) is 9.85. The molecule has 4 nitrogen and oxygen atoms in total. The Morgan fingerprint density at radius 2 is 2.18 bits per heavy atom. The summed E-state index contributed by atoms with van der Waals surface area (Å²) in [5.74, 6) is 0.236. The molecule has 3 N–H and O–H groups in total. The van der Waals surface area contributed by atoms with E-state index in [9.17, 15) is 5.11 Å². The van der Waals surface area contributed by atoms with Crippen LogP contribution in [0.5, 0.6) is 5.75 Å². The highest BCUT2D eigenvalue weighted by Gasteiger charge is 2.09. The second kappa shape index (κ2) is 7.25. The van der Waals surface area contributed by atoms with Gasteiger partial charge in [0.1, 0.15) is 5.75 Å². The Morgan fingerprint density at radius 3 is 2.82 bits per heavy atom. The van der Waals surface area contributed by atoms with Gasteiger partial charge < -0.3 is 15.6 Å². The van der Waals surface area contributed by atoms with E-state index in [-0.39, 0.29) is 5.75 Å². The van der Waals surface area contributed by atoms with E-state index in [1.54, 1.807) is 13.1 Å². The highest BCUT2D eigenvalue weighted by atomic mass is 16.5. The fraction of sp³-hybridized carbons (Fsp3) is 0.615. The minimum absolute atomic E-state index is 0.236. The molecule has 0 atom stereocenters.